The number of carbonyl (C=O) groups excluding carboxylic acids is 1. The van der Waals surface area contributed by atoms with Crippen LogP contribution in [0.25, 0.3) is 0 Å². The highest BCUT2D eigenvalue weighted by atomic mass is 35.5. The maximum absolute atomic E-state index is 12.2. The van der Waals surface area contributed by atoms with Crippen LogP contribution in [0.15, 0.2) is 30.6 Å². The van der Waals surface area contributed by atoms with Crippen LogP contribution in [0.1, 0.15) is 22.3 Å². The number of hydrogen-bond acceptors (Lipinski definition) is 3. The first-order valence-electron chi connectivity index (χ1n) is 6.60. The Bertz CT molecular complexity index is 640. The van der Waals surface area contributed by atoms with E-state index in [4.69, 9.17) is 23.2 Å². The van der Waals surface area contributed by atoms with Gasteiger partial charge in [0.2, 0.25) is 0 Å². The van der Waals surface area contributed by atoms with Crippen molar-refractivity contribution in [1.29, 1.82) is 0 Å². The molecule has 0 saturated heterocycles. The third-order valence-corrected chi connectivity index (χ3v) is 4.00. The van der Waals surface area contributed by atoms with Crippen molar-refractivity contribution in [2.24, 2.45) is 7.05 Å². The molecule has 1 aromatic carbocycles. The van der Waals surface area contributed by atoms with Crippen LogP contribution in [0.3, 0.4) is 0 Å². The van der Waals surface area contributed by atoms with Crippen molar-refractivity contribution in [1.82, 2.24) is 14.7 Å². The Labute approximate surface area is 134 Å². The molecule has 2 aromatic rings. The van der Waals surface area contributed by atoms with Gasteiger partial charge in [-0.3, -0.25) is 9.48 Å². The summed E-state index contributed by atoms with van der Waals surface area (Å²) in [6.45, 7) is 1.40. The lowest BCUT2D eigenvalue weighted by atomic mass is 10.1. The first-order valence-corrected chi connectivity index (χ1v) is 7.36. The van der Waals surface area contributed by atoms with Crippen LogP contribution < -0.4 is 0 Å². The van der Waals surface area contributed by atoms with E-state index in [2.05, 4.69) is 10.00 Å². The van der Waals surface area contributed by atoms with E-state index in [0.29, 0.717) is 28.6 Å². The van der Waals surface area contributed by atoms with Crippen LogP contribution in [0.5, 0.6) is 0 Å². The SMILES string of the molecule is CN(CCC(=O)c1cccc(Cl)c1Cl)Cc1cnn(C)c1. The van der Waals surface area contributed by atoms with Gasteiger partial charge in [0.1, 0.15) is 0 Å². The van der Waals surface area contributed by atoms with Crippen LogP contribution in [-0.2, 0) is 13.6 Å². The minimum atomic E-state index is 0.000497. The molecule has 6 heteroatoms. The number of ketones is 1. The van der Waals surface area contributed by atoms with Crippen molar-refractivity contribution in [3.05, 3.63) is 51.8 Å². The van der Waals surface area contributed by atoms with Crippen molar-refractivity contribution in [3.8, 4) is 0 Å². The zero-order valence-corrected chi connectivity index (χ0v) is 13.5. The highest BCUT2D eigenvalue weighted by Gasteiger charge is 2.13. The van der Waals surface area contributed by atoms with E-state index in [1.54, 1.807) is 22.9 Å². The predicted molar refractivity (Wildman–Crippen MR) is 85.0 cm³/mol. The first-order chi connectivity index (χ1) is 9.97. The van der Waals surface area contributed by atoms with Gasteiger partial charge in [-0.2, -0.15) is 5.10 Å². The lowest BCUT2D eigenvalue weighted by Crippen LogP contribution is -2.21. The van der Waals surface area contributed by atoms with Gasteiger partial charge in [-0.05, 0) is 19.2 Å². The summed E-state index contributed by atoms with van der Waals surface area (Å²) >= 11 is 12.0. The van der Waals surface area contributed by atoms with Gasteiger partial charge >= 0.3 is 0 Å². The summed E-state index contributed by atoms with van der Waals surface area (Å²) in [5.41, 5.74) is 1.60. The average Bonchev–Trinajstić information content (AvgIpc) is 2.84. The van der Waals surface area contributed by atoms with Crippen molar-refractivity contribution in [2.75, 3.05) is 13.6 Å². The average molecular weight is 326 g/mol. The minimum Gasteiger partial charge on any atom is -0.302 e. The van der Waals surface area contributed by atoms with E-state index in [1.807, 2.05) is 26.5 Å². The predicted octanol–water partition coefficient (Wildman–Crippen LogP) is 3.43. The number of rotatable bonds is 6. The second-order valence-corrected chi connectivity index (χ2v) is 5.82. The summed E-state index contributed by atoms with van der Waals surface area (Å²) in [5, 5.41) is 4.87. The smallest absolute Gasteiger partial charge is 0.165 e. The summed E-state index contributed by atoms with van der Waals surface area (Å²) in [4.78, 5) is 14.3. The number of benzene rings is 1. The lowest BCUT2D eigenvalue weighted by Gasteiger charge is -2.15. The number of Topliss-reactive ketones (excluding diaryl/α,β-unsaturated/α-hetero) is 1. The molecule has 0 amide bonds. The van der Waals surface area contributed by atoms with Gasteiger partial charge in [-0.25, -0.2) is 0 Å². The molecule has 0 saturated carbocycles. The summed E-state index contributed by atoms with van der Waals surface area (Å²) in [6, 6.07) is 5.12. The Balaban J connectivity index is 1.90. The highest BCUT2D eigenvalue weighted by Crippen LogP contribution is 2.26. The molecule has 0 atom stereocenters. The van der Waals surface area contributed by atoms with Gasteiger partial charge in [0.05, 0.1) is 16.2 Å². The molecule has 0 spiro atoms. The van der Waals surface area contributed by atoms with E-state index in [9.17, 15) is 4.79 Å². The fourth-order valence-electron chi connectivity index (χ4n) is 2.09. The molecule has 2 rings (SSSR count). The zero-order valence-electron chi connectivity index (χ0n) is 12.0. The van der Waals surface area contributed by atoms with Gasteiger partial charge in [-0.1, -0.05) is 29.3 Å². The molecule has 0 bridgehead atoms. The third-order valence-electron chi connectivity index (χ3n) is 3.18. The molecule has 0 aliphatic rings. The molecule has 0 aliphatic heterocycles. The van der Waals surface area contributed by atoms with E-state index in [-0.39, 0.29) is 5.78 Å². The number of nitrogens with zero attached hydrogens (tertiary/aromatic N) is 3. The molecule has 0 N–H and O–H groups in total. The van der Waals surface area contributed by atoms with Crippen molar-refractivity contribution >= 4 is 29.0 Å². The zero-order chi connectivity index (χ0) is 15.4. The maximum atomic E-state index is 12.2. The normalized spacial score (nSPS) is 11.1. The van der Waals surface area contributed by atoms with E-state index < -0.39 is 0 Å². The van der Waals surface area contributed by atoms with Crippen LogP contribution in [-0.4, -0.2) is 34.1 Å². The van der Waals surface area contributed by atoms with Gasteiger partial charge in [0.15, 0.2) is 5.78 Å². The summed E-state index contributed by atoms with van der Waals surface area (Å²) < 4.78 is 1.76. The number of carbonyl (C=O) groups is 1. The molecule has 21 heavy (non-hydrogen) atoms. The minimum absolute atomic E-state index is 0.000497. The fraction of sp³-hybridized carbons (Fsp3) is 0.333. The largest absolute Gasteiger partial charge is 0.302 e. The van der Waals surface area contributed by atoms with Crippen molar-refractivity contribution in [3.63, 3.8) is 0 Å². The fourth-order valence-corrected chi connectivity index (χ4v) is 2.50. The highest BCUT2D eigenvalue weighted by molar-refractivity contribution is 6.43. The third kappa shape index (κ3) is 4.30. The molecular weight excluding hydrogens is 309 g/mol. The van der Waals surface area contributed by atoms with E-state index in [0.717, 1.165) is 12.1 Å². The Morgan fingerprint density at radius 3 is 2.81 bits per heavy atom. The molecule has 1 heterocycles. The Morgan fingerprint density at radius 2 is 2.14 bits per heavy atom. The van der Waals surface area contributed by atoms with Gasteiger partial charge in [0.25, 0.3) is 0 Å². The van der Waals surface area contributed by atoms with E-state index in [1.165, 1.54) is 0 Å². The van der Waals surface area contributed by atoms with Crippen LogP contribution in [0.4, 0.5) is 0 Å². The molecule has 0 unspecified atom stereocenters. The maximum Gasteiger partial charge on any atom is 0.165 e. The Morgan fingerprint density at radius 1 is 1.38 bits per heavy atom. The molecule has 0 aliphatic carbocycles. The Kier molecular flexibility index (Phi) is 5.39. The molecule has 1 aromatic heterocycles. The second kappa shape index (κ2) is 7.07. The molecule has 4 nitrogen and oxygen atoms in total. The van der Waals surface area contributed by atoms with Gasteiger partial charge < -0.3 is 4.90 Å². The van der Waals surface area contributed by atoms with Gasteiger partial charge in [0, 0.05) is 43.9 Å². The molecular formula is C15H17Cl2N3O. The molecule has 112 valence electrons. The van der Waals surface area contributed by atoms with Gasteiger partial charge in [-0.15, -0.1) is 0 Å². The summed E-state index contributed by atoms with van der Waals surface area (Å²) in [7, 11) is 3.86. The molecule has 0 fully saturated rings. The van der Waals surface area contributed by atoms with Crippen LogP contribution in [0, 0.1) is 0 Å². The Hall–Kier alpha value is -1.36. The number of aryl methyl sites for hydroxylation is 1. The number of aromatic nitrogens is 2. The molecule has 0 radical (unpaired) electrons. The first kappa shape index (κ1) is 16.0. The topological polar surface area (TPSA) is 38.1 Å². The monoisotopic (exact) mass is 325 g/mol. The summed E-state index contributed by atoms with van der Waals surface area (Å²) in [6.07, 6.45) is 4.19. The van der Waals surface area contributed by atoms with Crippen LogP contribution >= 0.6 is 23.2 Å². The summed E-state index contributed by atoms with van der Waals surface area (Å²) in [5.74, 6) is 0.000497. The van der Waals surface area contributed by atoms with E-state index >= 15 is 0 Å². The lowest BCUT2D eigenvalue weighted by molar-refractivity contribution is 0.0968. The second-order valence-electron chi connectivity index (χ2n) is 5.03. The van der Waals surface area contributed by atoms with Crippen molar-refractivity contribution < 1.29 is 4.79 Å². The number of halogens is 2. The van der Waals surface area contributed by atoms with Crippen molar-refractivity contribution in [2.45, 2.75) is 13.0 Å². The standard InChI is InChI=1S/C15H17Cl2N3O/c1-19(9-11-8-18-20(2)10-11)7-6-14(21)12-4-3-5-13(16)15(12)17/h3-5,8,10H,6-7,9H2,1-2H3. The quantitative estimate of drug-likeness (QED) is 0.763. The van der Waals surface area contributed by atoms with Crippen LogP contribution in [0.2, 0.25) is 10.0 Å². The number of hydrogen-bond donors (Lipinski definition) is 0.